The summed E-state index contributed by atoms with van der Waals surface area (Å²) >= 11 is 0. The molecule has 1 heterocycles. The fraction of sp³-hybridized carbons (Fsp3) is 0.478. The van der Waals surface area contributed by atoms with Gasteiger partial charge in [-0.2, -0.15) is 0 Å². The van der Waals surface area contributed by atoms with Gasteiger partial charge in [-0.1, -0.05) is 56.5 Å². The van der Waals surface area contributed by atoms with Gasteiger partial charge in [0.25, 0.3) is 0 Å². The van der Waals surface area contributed by atoms with Crippen LogP contribution in [0.1, 0.15) is 50.5 Å². The molecule has 0 spiro atoms. The highest BCUT2D eigenvalue weighted by Crippen LogP contribution is 2.38. The summed E-state index contributed by atoms with van der Waals surface area (Å²) in [6, 6.07) is 10.8. The van der Waals surface area contributed by atoms with Gasteiger partial charge in [-0.3, -0.25) is 0 Å². The van der Waals surface area contributed by atoms with Crippen LogP contribution in [-0.4, -0.2) is 15.2 Å². The first-order valence-corrected chi connectivity index (χ1v) is 12.6. The van der Waals surface area contributed by atoms with E-state index in [0.29, 0.717) is 11.1 Å². The van der Waals surface area contributed by atoms with E-state index in [2.05, 4.69) is 11.7 Å². The Bertz CT molecular complexity index is 827. The second-order valence-corrected chi connectivity index (χ2v) is 10.9. The van der Waals surface area contributed by atoms with E-state index in [1.807, 2.05) is 0 Å². The number of benzene rings is 2. The molecule has 1 saturated heterocycles. The van der Waals surface area contributed by atoms with Crippen LogP contribution in [0.4, 0.5) is 22.0 Å². The Morgan fingerprint density at radius 3 is 2.23 bits per heavy atom. The summed E-state index contributed by atoms with van der Waals surface area (Å²) in [5.41, 5.74) is 0.760. The van der Waals surface area contributed by atoms with Crippen LogP contribution in [0.3, 0.4) is 0 Å². The number of hydrogen-bond donors (Lipinski definition) is 0. The van der Waals surface area contributed by atoms with Crippen molar-refractivity contribution in [1.29, 1.82) is 0 Å². The van der Waals surface area contributed by atoms with Crippen LogP contribution in [0.5, 0.6) is 5.75 Å². The van der Waals surface area contributed by atoms with Crippen LogP contribution in [-0.2, 0) is 0 Å². The number of halogens is 5. The molecule has 0 amide bonds. The van der Waals surface area contributed by atoms with E-state index >= 15 is 0 Å². The molecular weight excluding hydrogens is 415 g/mol. The van der Waals surface area contributed by atoms with Crippen molar-refractivity contribution in [1.82, 2.24) is 0 Å². The molecule has 0 N–H and O–H groups in total. The summed E-state index contributed by atoms with van der Waals surface area (Å²) in [5.74, 6) is -1.37. The molecule has 0 unspecified atom stereocenters. The summed E-state index contributed by atoms with van der Waals surface area (Å²) in [5, 5.41) is 0. The Kier molecular flexibility index (Phi) is 7.55. The fourth-order valence-electron chi connectivity index (χ4n) is 4.14. The van der Waals surface area contributed by atoms with Gasteiger partial charge in [0, 0.05) is 14.4 Å². The number of rotatable bonds is 7. The highest BCUT2D eigenvalue weighted by Gasteiger charge is 2.31. The predicted molar refractivity (Wildman–Crippen MR) is 110 cm³/mol. The van der Waals surface area contributed by atoms with E-state index in [-0.39, 0.29) is 20.3 Å². The zero-order valence-electron chi connectivity index (χ0n) is 17.0. The Balaban J connectivity index is 1.69. The van der Waals surface area contributed by atoms with Crippen LogP contribution in [0.25, 0.3) is 11.1 Å². The van der Waals surface area contributed by atoms with Crippen molar-refractivity contribution >= 4 is 8.80 Å². The molecule has 0 saturated carbocycles. The van der Waals surface area contributed by atoms with Gasteiger partial charge in [0.05, 0.1) is 0 Å². The topological polar surface area (TPSA) is 9.23 Å². The maximum atomic E-state index is 14.8. The normalized spacial score (nSPS) is 16.1. The fourth-order valence-corrected chi connectivity index (χ4v) is 7.16. The molecule has 0 bridgehead atoms. The quantitative estimate of drug-likeness (QED) is 0.240. The average molecular weight is 442 g/mol. The number of ether oxygens (including phenoxy) is 1. The van der Waals surface area contributed by atoms with Crippen molar-refractivity contribution in [2.24, 2.45) is 0 Å². The lowest BCUT2D eigenvalue weighted by atomic mass is 9.91. The third-order valence-electron chi connectivity index (χ3n) is 5.75. The van der Waals surface area contributed by atoms with Gasteiger partial charge in [0.1, 0.15) is 17.4 Å². The minimum Gasteiger partial charge on any atom is -0.406 e. The highest BCUT2D eigenvalue weighted by molar-refractivity contribution is 6.59. The molecule has 1 aliphatic heterocycles. The van der Waals surface area contributed by atoms with E-state index in [9.17, 15) is 22.0 Å². The predicted octanol–water partition coefficient (Wildman–Crippen LogP) is 8.09. The Morgan fingerprint density at radius 2 is 1.63 bits per heavy atom. The van der Waals surface area contributed by atoms with Gasteiger partial charge < -0.3 is 4.74 Å². The maximum absolute atomic E-state index is 14.8. The van der Waals surface area contributed by atoms with E-state index in [4.69, 9.17) is 0 Å². The number of hydrogen-bond acceptors (Lipinski definition) is 1. The third kappa shape index (κ3) is 6.06. The van der Waals surface area contributed by atoms with Gasteiger partial charge in [-0.25, -0.2) is 8.78 Å². The van der Waals surface area contributed by atoms with E-state index in [0.717, 1.165) is 43.1 Å². The molecule has 0 aromatic heterocycles. The summed E-state index contributed by atoms with van der Waals surface area (Å²) in [7, 11) is -0.358. The first-order valence-electron chi connectivity index (χ1n) is 10.5. The molecule has 1 aliphatic rings. The van der Waals surface area contributed by atoms with E-state index in [1.165, 1.54) is 43.5 Å². The van der Waals surface area contributed by atoms with Crippen molar-refractivity contribution in [3.05, 3.63) is 53.6 Å². The van der Waals surface area contributed by atoms with E-state index < -0.39 is 23.7 Å². The van der Waals surface area contributed by atoms with Crippen molar-refractivity contribution in [2.75, 3.05) is 0 Å². The Hall–Kier alpha value is -1.89. The minimum absolute atomic E-state index is 0.0370. The molecule has 7 heteroatoms. The first-order chi connectivity index (χ1) is 14.3. The van der Waals surface area contributed by atoms with Crippen molar-refractivity contribution < 1.29 is 26.7 Å². The van der Waals surface area contributed by atoms with Gasteiger partial charge in [-0.05, 0) is 54.2 Å². The lowest BCUT2D eigenvalue weighted by Gasteiger charge is -2.28. The summed E-state index contributed by atoms with van der Waals surface area (Å²) in [4.78, 5) is 0. The van der Waals surface area contributed by atoms with Crippen LogP contribution in [0.2, 0.25) is 18.1 Å². The lowest BCUT2D eigenvalue weighted by molar-refractivity contribution is -0.274. The molecule has 1 nitrogen and oxygen atoms in total. The van der Waals surface area contributed by atoms with Crippen molar-refractivity contribution in [2.45, 2.75) is 69.4 Å². The maximum Gasteiger partial charge on any atom is 0.573 e. The van der Waals surface area contributed by atoms with Gasteiger partial charge in [0.2, 0.25) is 0 Å². The SMILES string of the molecule is CCCCC[Si]1CCC(c2cc(F)c(-c3ccc(OC(F)(F)F)cc3)cc2F)CC1. The number of unbranched alkanes of at least 4 members (excludes halogenated alkanes) is 2. The Labute approximate surface area is 175 Å². The third-order valence-corrected chi connectivity index (χ3v) is 8.80. The molecule has 2 aromatic rings. The largest absolute Gasteiger partial charge is 0.573 e. The molecule has 2 aromatic carbocycles. The molecule has 3 rings (SSSR count). The van der Waals surface area contributed by atoms with Crippen LogP contribution >= 0.6 is 0 Å². The van der Waals surface area contributed by atoms with Gasteiger partial charge in [0.15, 0.2) is 0 Å². The molecule has 0 aliphatic carbocycles. The molecule has 0 atom stereocenters. The summed E-state index contributed by atoms with van der Waals surface area (Å²) < 4.78 is 70.2. The van der Waals surface area contributed by atoms with Crippen LogP contribution < -0.4 is 4.74 Å². The molecular formula is C23H26F5OSi. The number of alkyl halides is 3. The van der Waals surface area contributed by atoms with Crippen LogP contribution in [0, 0.1) is 11.6 Å². The lowest BCUT2D eigenvalue weighted by Crippen LogP contribution is -2.21. The van der Waals surface area contributed by atoms with Crippen molar-refractivity contribution in [3.8, 4) is 16.9 Å². The summed E-state index contributed by atoms with van der Waals surface area (Å²) in [6.45, 7) is 2.19. The van der Waals surface area contributed by atoms with E-state index in [1.54, 1.807) is 0 Å². The molecule has 1 fully saturated rings. The molecule has 30 heavy (non-hydrogen) atoms. The smallest absolute Gasteiger partial charge is 0.406 e. The van der Waals surface area contributed by atoms with Crippen LogP contribution in [0.15, 0.2) is 36.4 Å². The Morgan fingerprint density at radius 1 is 0.967 bits per heavy atom. The van der Waals surface area contributed by atoms with Gasteiger partial charge in [-0.15, -0.1) is 13.2 Å². The average Bonchev–Trinajstić information content (AvgIpc) is 2.70. The highest BCUT2D eigenvalue weighted by atomic mass is 28.3. The molecule has 163 valence electrons. The summed E-state index contributed by atoms with van der Waals surface area (Å²) in [6.07, 6.45) is 0.770. The van der Waals surface area contributed by atoms with Gasteiger partial charge >= 0.3 is 6.36 Å². The minimum atomic E-state index is -4.79. The standard InChI is InChI=1S/C23H26F5OSi/c1-2-3-4-11-30-12-9-17(10-13-30)20-15-21(24)19(14-22(20)25)16-5-7-18(8-6-16)29-23(26,27)28/h5-8,14-15,17H,2-4,9-13H2,1H3. The monoisotopic (exact) mass is 441 g/mol. The zero-order valence-corrected chi connectivity index (χ0v) is 18.0. The second kappa shape index (κ2) is 9.94. The van der Waals surface area contributed by atoms with Crippen molar-refractivity contribution in [3.63, 3.8) is 0 Å². The molecule has 1 radical (unpaired) electrons. The zero-order chi connectivity index (χ0) is 21.7. The second-order valence-electron chi connectivity index (χ2n) is 7.91. The first kappa shape index (κ1) is 22.8.